The van der Waals surface area contributed by atoms with E-state index in [-0.39, 0.29) is 54.5 Å². The molecule has 6 unspecified atom stereocenters. The summed E-state index contributed by atoms with van der Waals surface area (Å²) >= 11 is 0. The normalized spacial score (nSPS) is 19.0. The number of amides is 4. The Labute approximate surface area is 440 Å². The third kappa shape index (κ3) is 13.1. The molecule has 17 nitrogen and oxygen atoms in total. The molecule has 6 atom stereocenters. The number of nitrogens with two attached hydrogens (primary N) is 1. The summed E-state index contributed by atoms with van der Waals surface area (Å²) < 4.78 is 42.3. The lowest BCUT2D eigenvalue weighted by molar-refractivity contribution is -0.144. The van der Waals surface area contributed by atoms with Crippen molar-refractivity contribution in [2.45, 2.75) is 134 Å². The third-order valence-electron chi connectivity index (χ3n) is 14.2. The number of hydrogen-bond acceptors (Lipinski definition) is 10. The van der Waals surface area contributed by atoms with E-state index in [1.165, 1.54) is 0 Å². The molecule has 1 aliphatic heterocycles. The zero-order valence-corrected chi connectivity index (χ0v) is 44.8. The second-order valence-electron chi connectivity index (χ2n) is 21.5. The second-order valence-corrected chi connectivity index (χ2v) is 23.1. The number of ether oxygens (including phenoxy) is 2. The van der Waals surface area contributed by atoms with Crippen LogP contribution in [0.5, 0.6) is 5.75 Å². The van der Waals surface area contributed by atoms with E-state index >= 15 is 0 Å². The van der Waals surface area contributed by atoms with Crippen molar-refractivity contribution in [1.29, 1.82) is 0 Å². The lowest BCUT2D eigenvalue weighted by Crippen LogP contribution is -2.58. The molecule has 0 radical (unpaired) electrons. The average molecular weight is 1050 g/mol. The lowest BCUT2D eigenvalue weighted by Gasteiger charge is -2.37. The quantitative estimate of drug-likeness (QED) is 0.0174. The highest BCUT2D eigenvalue weighted by atomic mass is 32.2. The average Bonchev–Trinajstić information content (AvgIpc) is 4.09. The van der Waals surface area contributed by atoms with E-state index in [2.05, 4.69) is 37.1 Å². The van der Waals surface area contributed by atoms with Crippen molar-refractivity contribution in [1.82, 2.24) is 26.0 Å². The van der Waals surface area contributed by atoms with E-state index in [0.717, 1.165) is 17.5 Å². The van der Waals surface area contributed by atoms with E-state index in [1.54, 1.807) is 34.6 Å². The van der Waals surface area contributed by atoms with Crippen LogP contribution in [0.4, 0.5) is 0 Å². The fourth-order valence-electron chi connectivity index (χ4n) is 10.5. The molecular weight excluding hydrogens is 975 g/mol. The predicted octanol–water partition coefficient (Wildman–Crippen LogP) is 5.76. The number of guanidine groups is 1. The van der Waals surface area contributed by atoms with Crippen LogP contribution in [0.3, 0.4) is 0 Å². The summed E-state index contributed by atoms with van der Waals surface area (Å²) in [5, 5.41) is 21.8. The molecule has 0 aromatic heterocycles. The van der Waals surface area contributed by atoms with Crippen molar-refractivity contribution in [3.63, 3.8) is 0 Å². The number of sulfonamides is 1. The molecule has 1 fully saturated rings. The number of fused-ring (bicyclic) bond motifs is 3. The first-order valence-corrected chi connectivity index (χ1v) is 27.0. The largest absolute Gasteiger partial charge is 0.487 e. The second kappa shape index (κ2) is 22.8. The number of rotatable bonds is 21. The van der Waals surface area contributed by atoms with Gasteiger partial charge in [0.1, 0.15) is 35.0 Å². The maximum atomic E-state index is 14.5. The zero-order valence-electron chi connectivity index (χ0n) is 44.0. The molecule has 1 heterocycles. The van der Waals surface area contributed by atoms with Gasteiger partial charge < -0.3 is 41.6 Å². The van der Waals surface area contributed by atoms with Crippen LogP contribution in [0.25, 0.3) is 0 Å². The summed E-state index contributed by atoms with van der Waals surface area (Å²) in [6.45, 7) is 14.1. The van der Waals surface area contributed by atoms with Crippen LogP contribution in [0.2, 0.25) is 0 Å². The van der Waals surface area contributed by atoms with Crippen molar-refractivity contribution in [2.24, 2.45) is 28.5 Å². The van der Waals surface area contributed by atoms with Crippen LogP contribution >= 0.6 is 0 Å². The Bertz CT molecular complexity index is 2840. The number of aliphatic imine (C=N–C) groups is 1. The fourth-order valence-corrected chi connectivity index (χ4v) is 12.0. The number of carbonyl (C=O) groups is 5. The molecule has 4 aromatic carbocycles. The van der Waals surface area contributed by atoms with Gasteiger partial charge in [0.25, 0.3) is 10.0 Å². The molecule has 4 aromatic rings. The molecule has 18 heteroatoms. The van der Waals surface area contributed by atoms with Crippen LogP contribution in [0, 0.1) is 38.5 Å². The first kappa shape index (κ1) is 55.7. The minimum Gasteiger partial charge on any atom is -0.487 e. The van der Waals surface area contributed by atoms with E-state index in [0.29, 0.717) is 46.4 Å². The van der Waals surface area contributed by atoms with Gasteiger partial charge in [0.2, 0.25) is 29.6 Å². The molecule has 75 heavy (non-hydrogen) atoms. The number of nitrogens with zero attached hydrogens (tertiary/aromatic N) is 1. The molecular formula is C57H71N7O10S. The molecule has 8 N–H and O–H groups in total. The van der Waals surface area contributed by atoms with Crippen LogP contribution in [-0.2, 0) is 50.7 Å². The standard InChI is InChI=1S/C57H71N7O10S/c1-34-35(2)49(36(3)48-43(34)32-56(7,8)74-48)75(71,72)64-54(58)59-28-18-25-44(60-52(68)46(33-73-55(4,5)6)62-50(66)42-30-37-26-27-38(42)29-37)51(67)61-45(53(69)70)31-47(65)63-57(39-19-12-9-13-20-39,40-21-14-10-15-22-40)41-23-16-11-17-24-41/h9-17,19-24,26-27,37-38,42,44-46H,18,25,28-33H2,1-8H3,(H,60,68)(H,61,67)(H,62,66)(H,63,65)(H,69,70)(H3,58,59,64). The lowest BCUT2D eigenvalue weighted by atomic mass is 9.77. The summed E-state index contributed by atoms with van der Waals surface area (Å²) in [6.07, 6.45) is 5.39. The van der Waals surface area contributed by atoms with E-state index in [4.69, 9.17) is 15.2 Å². The van der Waals surface area contributed by atoms with Crippen molar-refractivity contribution >= 4 is 45.6 Å². The summed E-state index contributed by atoms with van der Waals surface area (Å²) in [6, 6.07) is 23.2. The van der Waals surface area contributed by atoms with Gasteiger partial charge in [-0.2, -0.15) is 0 Å². The van der Waals surface area contributed by atoms with E-state index < -0.39 is 81.0 Å². The molecule has 0 saturated heterocycles. The smallest absolute Gasteiger partial charge is 0.326 e. The number of carbonyl (C=O) groups excluding carboxylic acids is 4. The number of benzene rings is 4. The maximum absolute atomic E-state index is 14.5. The summed E-state index contributed by atoms with van der Waals surface area (Å²) in [7, 11) is -4.27. The third-order valence-corrected chi connectivity index (χ3v) is 15.9. The first-order chi connectivity index (χ1) is 35.4. The van der Waals surface area contributed by atoms with Crippen LogP contribution in [0.15, 0.2) is 113 Å². The molecule has 0 spiro atoms. The van der Waals surface area contributed by atoms with Gasteiger partial charge in [0, 0.05) is 30.0 Å². The fraction of sp³-hybridized carbons (Fsp3) is 0.439. The summed E-state index contributed by atoms with van der Waals surface area (Å²) in [5.41, 5.74) is 8.50. The molecule has 1 saturated carbocycles. The van der Waals surface area contributed by atoms with Crippen molar-refractivity contribution < 1.29 is 47.0 Å². The molecule has 400 valence electrons. The number of hydrogen-bond donors (Lipinski definition) is 7. The SMILES string of the molecule is Cc1c(C)c(S(=O)(=O)NC(N)=NCCCC(NC(=O)C(COC(C)(C)C)NC(=O)C2CC3C=CC2C3)C(=O)NC(CC(=O)NC(c2ccccc2)(c2ccccc2)c2ccccc2)C(=O)O)c(C)c2c1CC(C)(C)O2. The number of allylic oxidation sites excluding steroid dienone is 2. The minimum atomic E-state index is -4.27. The number of carboxylic acids is 1. The Hall–Kier alpha value is -7.05. The topological polar surface area (TPSA) is 257 Å². The molecule has 2 bridgehead atoms. The van der Waals surface area contributed by atoms with Gasteiger partial charge in [-0.25, -0.2) is 17.9 Å². The first-order valence-electron chi connectivity index (χ1n) is 25.5. The Kier molecular flexibility index (Phi) is 16.9. The number of carboxylic acid groups (broad SMARTS) is 1. The maximum Gasteiger partial charge on any atom is 0.326 e. The highest BCUT2D eigenvalue weighted by molar-refractivity contribution is 7.90. The van der Waals surface area contributed by atoms with Gasteiger partial charge in [0.15, 0.2) is 0 Å². The number of aliphatic carboxylic acids is 1. The monoisotopic (exact) mass is 1050 g/mol. The Morgan fingerprint density at radius 3 is 1.87 bits per heavy atom. The molecule has 3 aliphatic rings. The van der Waals surface area contributed by atoms with Crippen molar-refractivity contribution in [2.75, 3.05) is 13.2 Å². The van der Waals surface area contributed by atoms with Gasteiger partial charge in [-0.3, -0.25) is 24.2 Å². The summed E-state index contributed by atoms with van der Waals surface area (Å²) in [5.74, 6) is -4.20. The van der Waals surface area contributed by atoms with E-state index in [9.17, 15) is 37.5 Å². The summed E-state index contributed by atoms with van der Waals surface area (Å²) in [4.78, 5) is 74.2. The Balaban J connectivity index is 1.12. The zero-order chi connectivity index (χ0) is 54.5. The van der Waals surface area contributed by atoms with Crippen LogP contribution in [0.1, 0.15) is 106 Å². The van der Waals surface area contributed by atoms with Crippen LogP contribution in [-0.4, -0.2) is 91.6 Å². The minimum absolute atomic E-state index is 0.0237. The van der Waals surface area contributed by atoms with Gasteiger partial charge in [-0.1, -0.05) is 103 Å². The van der Waals surface area contributed by atoms with Gasteiger partial charge in [-0.15, -0.1) is 0 Å². The molecule has 7 rings (SSSR count). The van der Waals surface area contributed by atoms with Crippen molar-refractivity contribution in [3.8, 4) is 5.75 Å². The molecule has 4 amide bonds. The highest BCUT2D eigenvalue weighted by Crippen LogP contribution is 2.45. The van der Waals surface area contributed by atoms with E-state index in [1.807, 2.05) is 118 Å². The highest BCUT2D eigenvalue weighted by Gasteiger charge is 2.43. The van der Waals surface area contributed by atoms with Crippen LogP contribution < -0.4 is 36.5 Å². The molecule has 2 aliphatic carbocycles. The van der Waals surface area contributed by atoms with Gasteiger partial charge in [0.05, 0.1) is 23.5 Å². The van der Waals surface area contributed by atoms with Gasteiger partial charge in [-0.05, 0) is 121 Å². The van der Waals surface area contributed by atoms with Gasteiger partial charge >= 0.3 is 5.97 Å². The Morgan fingerprint density at radius 1 is 0.787 bits per heavy atom. The van der Waals surface area contributed by atoms with Crippen molar-refractivity contribution in [3.05, 3.63) is 142 Å². The number of nitrogens with one attached hydrogen (secondary N) is 5. The Morgan fingerprint density at radius 2 is 1.35 bits per heavy atom. The predicted molar refractivity (Wildman–Crippen MR) is 285 cm³/mol.